The number of hydrogen-bond acceptors (Lipinski definition) is 3. The lowest BCUT2D eigenvalue weighted by atomic mass is 10.1. The predicted molar refractivity (Wildman–Crippen MR) is 74.0 cm³/mol. The molecule has 2 rings (SSSR count). The summed E-state index contributed by atoms with van der Waals surface area (Å²) < 4.78 is 19.3. The van der Waals surface area contributed by atoms with Gasteiger partial charge in [0.1, 0.15) is 18.2 Å². The Bertz CT molecular complexity index is 667. The van der Waals surface area contributed by atoms with Crippen LogP contribution in [0, 0.1) is 24.1 Å². The highest BCUT2D eigenvalue weighted by molar-refractivity contribution is 6.17. The van der Waals surface area contributed by atoms with E-state index in [1.165, 1.54) is 12.1 Å². The Labute approximate surface area is 121 Å². The summed E-state index contributed by atoms with van der Waals surface area (Å²) in [6.45, 7) is 1.92. The molecule has 0 saturated carbocycles. The van der Waals surface area contributed by atoms with Gasteiger partial charge in [-0.2, -0.15) is 5.26 Å². The number of benzene rings is 1. The van der Waals surface area contributed by atoms with Crippen LogP contribution in [0.25, 0.3) is 0 Å². The number of rotatable bonds is 4. The topological polar surface area (TPSA) is 45.9 Å². The zero-order chi connectivity index (χ0) is 14.5. The van der Waals surface area contributed by atoms with Gasteiger partial charge in [0.05, 0.1) is 23.2 Å². The lowest BCUT2D eigenvalue weighted by Crippen LogP contribution is -2.02. The molecule has 102 valence electrons. The molecule has 0 aliphatic carbocycles. The average Bonchev–Trinajstić information content (AvgIpc) is 2.46. The molecule has 5 heteroatoms. The van der Waals surface area contributed by atoms with E-state index in [1.807, 2.05) is 13.0 Å². The third-order valence-corrected chi connectivity index (χ3v) is 3.02. The van der Waals surface area contributed by atoms with Gasteiger partial charge in [0.15, 0.2) is 0 Å². The molecule has 0 aliphatic heterocycles. The van der Waals surface area contributed by atoms with Crippen molar-refractivity contribution in [3.63, 3.8) is 0 Å². The summed E-state index contributed by atoms with van der Waals surface area (Å²) in [6.07, 6.45) is 0. The van der Waals surface area contributed by atoms with Crippen LogP contribution in [0.1, 0.15) is 22.5 Å². The smallest absolute Gasteiger partial charge is 0.142 e. The second-order valence-electron chi connectivity index (χ2n) is 4.24. The summed E-state index contributed by atoms with van der Waals surface area (Å²) in [6, 6.07) is 9.74. The second-order valence-corrected chi connectivity index (χ2v) is 4.51. The van der Waals surface area contributed by atoms with Crippen molar-refractivity contribution in [3.05, 3.63) is 58.7 Å². The number of nitrogens with zero attached hydrogens (tertiary/aromatic N) is 2. The predicted octanol–water partition coefficient (Wildman–Crippen LogP) is 3.72. The van der Waals surface area contributed by atoms with Gasteiger partial charge in [-0.15, -0.1) is 11.6 Å². The maximum Gasteiger partial charge on any atom is 0.142 e. The summed E-state index contributed by atoms with van der Waals surface area (Å²) in [4.78, 5) is 4.26. The molecule has 1 heterocycles. The van der Waals surface area contributed by atoms with Crippen molar-refractivity contribution in [1.82, 2.24) is 4.98 Å². The zero-order valence-corrected chi connectivity index (χ0v) is 11.6. The Morgan fingerprint density at radius 3 is 2.80 bits per heavy atom. The first-order valence-corrected chi connectivity index (χ1v) is 6.51. The van der Waals surface area contributed by atoms with E-state index in [1.54, 1.807) is 18.2 Å². The fourth-order valence-electron chi connectivity index (χ4n) is 1.71. The van der Waals surface area contributed by atoms with Crippen LogP contribution >= 0.6 is 11.6 Å². The Morgan fingerprint density at radius 1 is 1.35 bits per heavy atom. The largest absolute Gasteiger partial charge is 0.487 e. The molecule has 0 aliphatic rings. The number of halogens is 2. The molecule has 0 spiro atoms. The van der Waals surface area contributed by atoms with Gasteiger partial charge in [0.25, 0.3) is 0 Å². The molecular weight excluding hydrogens is 279 g/mol. The molecule has 0 atom stereocenters. The van der Waals surface area contributed by atoms with Crippen molar-refractivity contribution < 1.29 is 9.13 Å². The van der Waals surface area contributed by atoms with Crippen LogP contribution in [-0.4, -0.2) is 4.98 Å². The van der Waals surface area contributed by atoms with Gasteiger partial charge in [-0.3, -0.25) is 4.98 Å². The van der Waals surface area contributed by atoms with Crippen molar-refractivity contribution >= 4 is 11.6 Å². The molecule has 0 bridgehead atoms. The molecule has 0 N–H and O–H groups in total. The van der Waals surface area contributed by atoms with E-state index in [0.717, 1.165) is 5.69 Å². The molecular formula is C15H12ClFN2O. The lowest BCUT2D eigenvalue weighted by Gasteiger charge is -2.10. The van der Waals surface area contributed by atoms with Gasteiger partial charge in [-0.25, -0.2) is 4.39 Å². The number of aryl methyl sites for hydroxylation is 1. The Balaban J connectivity index is 2.15. The van der Waals surface area contributed by atoms with E-state index in [2.05, 4.69) is 4.98 Å². The van der Waals surface area contributed by atoms with E-state index >= 15 is 0 Å². The molecule has 20 heavy (non-hydrogen) atoms. The van der Waals surface area contributed by atoms with E-state index in [4.69, 9.17) is 21.6 Å². The normalized spacial score (nSPS) is 10.1. The fourth-order valence-corrected chi connectivity index (χ4v) is 1.91. The van der Waals surface area contributed by atoms with Crippen molar-refractivity contribution in [2.75, 3.05) is 0 Å². The highest BCUT2D eigenvalue weighted by Crippen LogP contribution is 2.21. The quantitative estimate of drug-likeness (QED) is 0.806. The Hall–Kier alpha value is -2.12. The first-order chi connectivity index (χ1) is 9.63. The fraction of sp³-hybridized carbons (Fsp3) is 0.200. The molecule has 1 aromatic carbocycles. The molecule has 0 fully saturated rings. The SMILES string of the molecule is Cc1ccc(OCc2ccc(C#N)cc2F)c(CCl)n1. The van der Waals surface area contributed by atoms with Gasteiger partial charge in [0.2, 0.25) is 0 Å². The third-order valence-electron chi connectivity index (χ3n) is 2.76. The molecule has 3 nitrogen and oxygen atoms in total. The first kappa shape index (κ1) is 14.3. The maximum absolute atomic E-state index is 13.7. The van der Waals surface area contributed by atoms with Crippen molar-refractivity contribution in [2.45, 2.75) is 19.4 Å². The van der Waals surface area contributed by atoms with E-state index in [0.29, 0.717) is 17.0 Å². The molecule has 0 unspecified atom stereocenters. The van der Waals surface area contributed by atoms with Crippen molar-refractivity contribution in [3.8, 4) is 11.8 Å². The number of pyridine rings is 1. The monoisotopic (exact) mass is 290 g/mol. The van der Waals surface area contributed by atoms with Crippen LogP contribution in [0.5, 0.6) is 5.75 Å². The highest BCUT2D eigenvalue weighted by Gasteiger charge is 2.08. The van der Waals surface area contributed by atoms with Gasteiger partial charge in [-0.1, -0.05) is 6.07 Å². The maximum atomic E-state index is 13.7. The summed E-state index contributed by atoms with van der Waals surface area (Å²) in [5.41, 5.74) is 2.13. The number of aromatic nitrogens is 1. The second kappa shape index (κ2) is 6.36. The van der Waals surface area contributed by atoms with Crippen LogP contribution in [0.2, 0.25) is 0 Å². The summed E-state index contributed by atoms with van der Waals surface area (Å²) in [7, 11) is 0. The van der Waals surface area contributed by atoms with E-state index in [-0.39, 0.29) is 18.1 Å². The minimum atomic E-state index is -0.462. The summed E-state index contributed by atoms with van der Waals surface area (Å²) >= 11 is 5.80. The molecule has 0 amide bonds. The van der Waals surface area contributed by atoms with E-state index < -0.39 is 5.82 Å². The molecule has 0 radical (unpaired) electrons. The minimum Gasteiger partial charge on any atom is -0.487 e. The van der Waals surface area contributed by atoms with Crippen LogP contribution in [0.4, 0.5) is 4.39 Å². The lowest BCUT2D eigenvalue weighted by molar-refractivity contribution is 0.296. The number of hydrogen-bond donors (Lipinski definition) is 0. The molecule has 2 aromatic rings. The number of alkyl halides is 1. The van der Waals surface area contributed by atoms with Gasteiger partial charge >= 0.3 is 0 Å². The first-order valence-electron chi connectivity index (χ1n) is 5.98. The van der Waals surface area contributed by atoms with Gasteiger partial charge in [-0.05, 0) is 31.2 Å². The molecule has 1 aromatic heterocycles. The van der Waals surface area contributed by atoms with Crippen LogP contribution in [0.3, 0.4) is 0 Å². The zero-order valence-electron chi connectivity index (χ0n) is 10.9. The minimum absolute atomic E-state index is 0.0617. The van der Waals surface area contributed by atoms with E-state index in [9.17, 15) is 4.39 Å². The van der Waals surface area contributed by atoms with Crippen molar-refractivity contribution in [2.24, 2.45) is 0 Å². The van der Waals surface area contributed by atoms with Crippen LogP contribution < -0.4 is 4.74 Å². The Morgan fingerprint density at radius 2 is 2.15 bits per heavy atom. The average molecular weight is 291 g/mol. The summed E-state index contributed by atoms with van der Waals surface area (Å²) in [5.74, 6) is 0.304. The van der Waals surface area contributed by atoms with Crippen LogP contribution in [0.15, 0.2) is 30.3 Å². The van der Waals surface area contributed by atoms with Gasteiger partial charge < -0.3 is 4.74 Å². The number of ether oxygens (including phenoxy) is 1. The molecule has 0 saturated heterocycles. The van der Waals surface area contributed by atoms with Gasteiger partial charge in [0, 0.05) is 11.3 Å². The standard InChI is InChI=1S/C15H12ClFN2O/c1-10-2-5-15(14(7-16)19-10)20-9-12-4-3-11(8-18)6-13(12)17/h2-6H,7,9H2,1H3. The van der Waals surface area contributed by atoms with Crippen LogP contribution in [-0.2, 0) is 12.5 Å². The number of nitriles is 1. The highest BCUT2D eigenvalue weighted by atomic mass is 35.5. The third kappa shape index (κ3) is 3.25. The summed E-state index contributed by atoms with van der Waals surface area (Å²) in [5, 5.41) is 8.68. The Kier molecular flexibility index (Phi) is 4.54. The van der Waals surface area contributed by atoms with Crippen molar-refractivity contribution in [1.29, 1.82) is 5.26 Å².